The van der Waals surface area contributed by atoms with Crippen LogP contribution < -0.4 is 5.32 Å². The van der Waals surface area contributed by atoms with E-state index in [1.807, 2.05) is 12.1 Å². The van der Waals surface area contributed by atoms with Gasteiger partial charge in [-0.3, -0.25) is 0 Å². The Kier molecular flexibility index (Phi) is 7.71. The lowest BCUT2D eigenvalue weighted by molar-refractivity contribution is 0.0583. The van der Waals surface area contributed by atoms with Crippen LogP contribution in [0.5, 0.6) is 0 Å². The topological polar surface area (TPSA) is 75.6 Å². The van der Waals surface area contributed by atoms with Crippen LogP contribution in [0.25, 0.3) is 10.8 Å². The molecule has 0 aliphatic heterocycles. The molecule has 0 amide bonds. The standard InChI is InChI=1S/C13H9BrO4.C4H11N/c1-18-13(17)10-5-7-3-2-4-11(14)8(7)6-9(10)12(15)16;1-3-5-4-2/h2-6H,1H3,(H,15,16);5H,3-4H2,1-2H3. The number of esters is 1. The zero-order valence-corrected chi connectivity index (χ0v) is 14.9. The van der Waals surface area contributed by atoms with Crippen LogP contribution in [-0.4, -0.2) is 37.2 Å². The van der Waals surface area contributed by atoms with Crippen LogP contribution in [0.4, 0.5) is 0 Å². The minimum atomic E-state index is -1.16. The first kappa shape index (κ1) is 19.1. The molecule has 2 aromatic rings. The molecular weight excluding hydrogens is 362 g/mol. The van der Waals surface area contributed by atoms with E-state index in [9.17, 15) is 9.59 Å². The maximum absolute atomic E-state index is 11.6. The molecule has 0 aromatic heterocycles. The number of fused-ring (bicyclic) bond motifs is 1. The molecule has 0 radical (unpaired) electrons. The number of aromatic carboxylic acids is 1. The van der Waals surface area contributed by atoms with E-state index in [0.717, 1.165) is 28.3 Å². The number of benzene rings is 2. The molecule has 2 N–H and O–H groups in total. The third-order valence-corrected chi connectivity index (χ3v) is 3.79. The van der Waals surface area contributed by atoms with Gasteiger partial charge in [0.05, 0.1) is 18.2 Å². The lowest BCUT2D eigenvalue weighted by atomic mass is 10.0. The fraction of sp³-hybridized carbons (Fsp3) is 0.294. The number of carbonyl (C=O) groups excluding carboxylic acids is 1. The first-order valence-corrected chi connectivity index (χ1v) is 8.00. The number of hydrogen-bond donors (Lipinski definition) is 2. The van der Waals surface area contributed by atoms with Crippen LogP contribution in [0.3, 0.4) is 0 Å². The fourth-order valence-corrected chi connectivity index (χ4v) is 2.49. The van der Waals surface area contributed by atoms with Crippen molar-refractivity contribution >= 4 is 38.6 Å². The maximum Gasteiger partial charge on any atom is 0.338 e. The summed E-state index contributed by atoms with van der Waals surface area (Å²) >= 11 is 3.35. The molecule has 0 aliphatic carbocycles. The van der Waals surface area contributed by atoms with Crippen molar-refractivity contribution in [2.75, 3.05) is 20.2 Å². The summed E-state index contributed by atoms with van der Waals surface area (Å²) in [6.07, 6.45) is 0. The van der Waals surface area contributed by atoms with Crippen LogP contribution in [0.2, 0.25) is 0 Å². The van der Waals surface area contributed by atoms with E-state index in [1.54, 1.807) is 6.07 Å². The molecule has 2 aromatic carbocycles. The number of hydrogen-bond acceptors (Lipinski definition) is 4. The Bertz CT molecular complexity index is 698. The highest BCUT2D eigenvalue weighted by atomic mass is 79.9. The zero-order chi connectivity index (χ0) is 17.4. The van der Waals surface area contributed by atoms with E-state index in [4.69, 9.17) is 5.11 Å². The maximum atomic E-state index is 11.6. The molecule has 0 spiro atoms. The Morgan fingerprint density at radius 3 is 2.30 bits per heavy atom. The monoisotopic (exact) mass is 381 g/mol. The van der Waals surface area contributed by atoms with E-state index in [2.05, 4.69) is 39.8 Å². The third kappa shape index (κ3) is 5.04. The average molecular weight is 382 g/mol. The van der Waals surface area contributed by atoms with Crippen molar-refractivity contribution in [3.8, 4) is 0 Å². The van der Waals surface area contributed by atoms with Gasteiger partial charge in [-0.25, -0.2) is 9.59 Å². The Morgan fingerprint density at radius 1 is 1.17 bits per heavy atom. The van der Waals surface area contributed by atoms with Gasteiger partial charge in [0.1, 0.15) is 0 Å². The van der Waals surface area contributed by atoms with Crippen molar-refractivity contribution in [3.05, 3.63) is 45.9 Å². The molecule has 0 fully saturated rings. The van der Waals surface area contributed by atoms with Gasteiger partial charge in [0.2, 0.25) is 0 Å². The lowest BCUT2D eigenvalue weighted by Crippen LogP contribution is -2.10. The number of carbonyl (C=O) groups is 2. The van der Waals surface area contributed by atoms with E-state index in [-0.39, 0.29) is 11.1 Å². The van der Waals surface area contributed by atoms with Gasteiger partial charge in [0.25, 0.3) is 0 Å². The smallest absolute Gasteiger partial charge is 0.338 e. The largest absolute Gasteiger partial charge is 0.478 e. The molecule has 0 aliphatic rings. The van der Waals surface area contributed by atoms with Gasteiger partial charge in [0.15, 0.2) is 0 Å². The predicted octanol–water partition coefficient (Wildman–Crippen LogP) is 3.70. The number of rotatable bonds is 4. The Morgan fingerprint density at radius 2 is 1.83 bits per heavy atom. The molecule has 23 heavy (non-hydrogen) atoms. The first-order valence-electron chi connectivity index (χ1n) is 7.20. The Labute approximate surface area is 143 Å². The molecule has 2 rings (SSSR count). The predicted molar refractivity (Wildman–Crippen MR) is 94.2 cm³/mol. The number of carboxylic acids is 1. The highest BCUT2D eigenvalue weighted by Gasteiger charge is 2.18. The number of ether oxygens (including phenoxy) is 1. The van der Waals surface area contributed by atoms with E-state index in [0.29, 0.717) is 0 Å². The summed E-state index contributed by atoms with van der Waals surface area (Å²) in [5.74, 6) is -1.82. The van der Waals surface area contributed by atoms with Crippen LogP contribution in [0, 0.1) is 0 Å². The van der Waals surface area contributed by atoms with Crippen molar-refractivity contribution < 1.29 is 19.4 Å². The third-order valence-electron chi connectivity index (χ3n) is 3.10. The second kappa shape index (κ2) is 9.27. The molecule has 0 atom stereocenters. The highest BCUT2D eigenvalue weighted by molar-refractivity contribution is 9.10. The average Bonchev–Trinajstić information content (AvgIpc) is 2.54. The zero-order valence-electron chi connectivity index (χ0n) is 13.4. The van der Waals surface area contributed by atoms with Gasteiger partial charge in [0, 0.05) is 4.47 Å². The van der Waals surface area contributed by atoms with Crippen molar-refractivity contribution in [3.63, 3.8) is 0 Å². The van der Waals surface area contributed by atoms with Crippen molar-refractivity contribution in [1.29, 1.82) is 0 Å². The molecule has 0 saturated carbocycles. The van der Waals surface area contributed by atoms with Gasteiger partial charge in [-0.05, 0) is 42.1 Å². The summed E-state index contributed by atoms with van der Waals surface area (Å²) in [6, 6.07) is 8.42. The fourth-order valence-electron chi connectivity index (χ4n) is 1.99. The van der Waals surface area contributed by atoms with E-state index >= 15 is 0 Å². The molecule has 6 heteroatoms. The van der Waals surface area contributed by atoms with E-state index < -0.39 is 11.9 Å². The Balaban J connectivity index is 0.000000463. The summed E-state index contributed by atoms with van der Waals surface area (Å²) in [5.41, 5.74) is -0.0168. The number of halogens is 1. The molecule has 0 saturated heterocycles. The van der Waals surface area contributed by atoms with E-state index in [1.165, 1.54) is 19.2 Å². The van der Waals surface area contributed by atoms with Crippen LogP contribution in [0.1, 0.15) is 34.6 Å². The van der Waals surface area contributed by atoms with Crippen molar-refractivity contribution in [2.24, 2.45) is 0 Å². The van der Waals surface area contributed by atoms with Gasteiger partial charge >= 0.3 is 11.9 Å². The van der Waals surface area contributed by atoms with Gasteiger partial charge in [-0.1, -0.05) is 41.9 Å². The van der Waals surface area contributed by atoms with Crippen LogP contribution >= 0.6 is 15.9 Å². The van der Waals surface area contributed by atoms with Crippen molar-refractivity contribution in [1.82, 2.24) is 5.32 Å². The molecule has 0 bridgehead atoms. The quantitative estimate of drug-likeness (QED) is 0.789. The van der Waals surface area contributed by atoms with Crippen LogP contribution in [0.15, 0.2) is 34.8 Å². The first-order chi connectivity index (χ1) is 11.0. The summed E-state index contributed by atoms with van der Waals surface area (Å²) in [5, 5.41) is 13.8. The lowest BCUT2D eigenvalue weighted by Gasteiger charge is -2.07. The summed E-state index contributed by atoms with van der Waals surface area (Å²) < 4.78 is 5.37. The summed E-state index contributed by atoms with van der Waals surface area (Å²) in [4.78, 5) is 22.7. The Hall–Kier alpha value is -1.92. The van der Waals surface area contributed by atoms with Gasteiger partial charge < -0.3 is 15.2 Å². The number of nitrogens with one attached hydrogen (secondary N) is 1. The second-order valence-electron chi connectivity index (χ2n) is 4.61. The van der Waals surface area contributed by atoms with Crippen LogP contribution in [-0.2, 0) is 4.74 Å². The minimum absolute atomic E-state index is 0.0515. The van der Waals surface area contributed by atoms with Crippen molar-refractivity contribution in [2.45, 2.75) is 13.8 Å². The summed E-state index contributed by atoms with van der Waals surface area (Å²) in [7, 11) is 1.22. The van der Waals surface area contributed by atoms with Gasteiger partial charge in [-0.2, -0.15) is 0 Å². The SMILES string of the molecule is CCNCC.COC(=O)c1cc2cccc(Br)c2cc1C(=O)O. The molecule has 0 unspecified atom stereocenters. The summed E-state index contributed by atoms with van der Waals surface area (Å²) in [6.45, 7) is 6.39. The second-order valence-corrected chi connectivity index (χ2v) is 5.47. The minimum Gasteiger partial charge on any atom is -0.478 e. The molecule has 5 nitrogen and oxygen atoms in total. The number of methoxy groups -OCH3 is 1. The normalized spacial score (nSPS) is 9.91. The molecular formula is C17H20BrNO4. The van der Waals surface area contributed by atoms with Gasteiger partial charge in [-0.15, -0.1) is 0 Å². The molecule has 0 heterocycles. The highest BCUT2D eigenvalue weighted by Crippen LogP contribution is 2.27. The number of carboxylic acid groups (broad SMARTS) is 1. The molecule has 124 valence electrons.